The highest BCUT2D eigenvalue weighted by molar-refractivity contribution is 5.65. The molecule has 6 heteroatoms. The van der Waals surface area contributed by atoms with Crippen LogP contribution in [0.2, 0.25) is 0 Å². The van der Waals surface area contributed by atoms with Gasteiger partial charge in [-0.2, -0.15) is 0 Å². The van der Waals surface area contributed by atoms with Crippen LogP contribution in [0, 0.1) is 20.2 Å². The summed E-state index contributed by atoms with van der Waals surface area (Å²) in [5, 5.41) is 21.0. The lowest BCUT2D eigenvalue weighted by atomic mass is 10.1. The van der Waals surface area contributed by atoms with Gasteiger partial charge >= 0.3 is 0 Å². The second-order valence-electron chi connectivity index (χ2n) is 5.61. The summed E-state index contributed by atoms with van der Waals surface area (Å²) in [5.74, 6) is 0. The zero-order valence-electron chi connectivity index (χ0n) is 16.0. The molecule has 2 rings (SSSR count). The van der Waals surface area contributed by atoms with E-state index >= 15 is 0 Å². The molecule has 0 atom stereocenters. The Balaban J connectivity index is 0.000000662. The van der Waals surface area contributed by atoms with E-state index in [1.54, 1.807) is 24.3 Å². The molecule has 26 heavy (non-hydrogen) atoms. The lowest BCUT2D eigenvalue weighted by Gasteiger charge is -2.00. The van der Waals surface area contributed by atoms with Crippen molar-refractivity contribution in [2.24, 2.45) is 0 Å². The third-order valence-corrected chi connectivity index (χ3v) is 3.49. The molecule has 0 aliphatic rings. The van der Waals surface area contributed by atoms with Crippen molar-refractivity contribution in [2.45, 2.75) is 53.4 Å². The van der Waals surface area contributed by atoms with E-state index in [1.165, 1.54) is 49.9 Å². The number of non-ortho nitro benzene ring substituents is 2. The number of hydrogen-bond acceptors (Lipinski definition) is 4. The topological polar surface area (TPSA) is 86.3 Å². The molecular formula is C20H28N2O4. The van der Waals surface area contributed by atoms with Crippen molar-refractivity contribution < 1.29 is 9.85 Å². The normalized spacial score (nSPS) is 9.23. The monoisotopic (exact) mass is 360 g/mol. The van der Waals surface area contributed by atoms with Crippen LogP contribution in [-0.4, -0.2) is 9.85 Å². The lowest BCUT2D eigenvalue weighted by Crippen LogP contribution is -1.88. The maximum Gasteiger partial charge on any atom is 0.269 e. The zero-order chi connectivity index (χ0) is 19.9. The number of rotatable bonds is 5. The van der Waals surface area contributed by atoms with E-state index in [-0.39, 0.29) is 11.4 Å². The van der Waals surface area contributed by atoms with Gasteiger partial charge in [-0.3, -0.25) is 20.2 Å². The van der Waals surface area contributed by atoms with Crippen LogP contribution in [0.5, 0.6) is 0 Å². The van der Waals surface area contributed by atoms with Crippen LogP contribution < -0.4 is 0 Å². The summed E-state index contributed by atoms with van der Waals surface area (Å²) in [6, 6.07) is 12.0. The van der Waals surface area contributed by atoms with Crippen molar-refractivity contribution in [1.82, 2.24) is 0 Å². The Morgan fingerprint density at radius 3 is 0.962 bits per heavy atom. The van der Waals surface area contributed by atoms with Gasteiger partial charge in [-0.1, -0.05) is 53.4 Å². The predicted molar refractivity (Wildman–Crippen MR) is 106 cm³/mol. The Morgan fingerprint density at radius 2 is 0.808 bits per heavy atom. The van der Waals surface area contributed by atoms with Gasteiger partial charge < -0.3 is 0 Å². The number of nitro benzene ring substituents is 2. The zero-order valence-corrected chi connectivity index (χ0v) is 16.0. The van der Waals surface area contributed by atoms with Gasteiger partial charge in [0.05, 0.1) is 9.85 Å². The van der Waals surface area contributed by atoms with Gasteiger partial charge in [-0.15, -0.1) is 0 Å². The van der Waals surface area contributed by atoms with Crippen molar-refractivity contribution in [3.8, 4) is 11.1 Å². The molecule has 0 spiro atoms. The Bertz CT molecular complexity index is 589. The van der Waals surface area contributed by atoms with Crippen molar-refractivity contribution in [3.63, 3.8) is 0 Å². The highest BCUT2D eigenvalue weighted by Gasteiger charge is 2.07. The summed E-state index contributed by atoms with van der Waals surface area (Å²) >= 11 is 0. The van der Waals surface area contributed by atoms with Gasteiger partial charge in [0.1, 0.15) is 0 Å². The Morgan fingerprint density at radius 1 is 0.577 bits per heavy atom. The van der Waals surface area contributed by atoms with E-state index in [4.69, 9.17) is 0 Å². The molecule has 0 heterocycles. The van der Waals surface area contributed by atoms with E-state index in [9.17, 15) is 20.2 Å². The molecule has 0 aromatic heterocycles. The largest absolute Gasteiger partial charge is 0.269 e. The van der Waals surface area contributed by atoms with Crippen molar-refractivity contribution in [1.29, 1.82) is 0 Å². The third kappa shape index (κ3) is 8.92. The molecule has 0 aliphatic carbocycles. The average molecular weight is 360 g/mol. The maximum absolute atomic E-state index is 10.5. The van der Waals surface area contributed by atoms with Gasteiger partial charge in [0, 0.05) is 24.3 Å². The molecule has 0 aliphatic heterocycles. The number of benzene rings is 2. The van der Waals surface area contributed by atoms with Crippen LogP contribution in [0.1, 0.15) is 53.4 Å². The van der Waals surface area contributed by atoms with Gasteiger partial charge in [-0.05, 0) is 35.4 Å². The first-order valence-electron chi connectivity index (χ1n) is 8.90. The highest BCUT2D eigenvalue weighted by Crippen LogP contribution is 2.24. The van der Waals surface area contributed by atoms with E-state index in [0.717, 1.165) is 11.1 Å². The summed E-state index contributed by atoms with van der Waals surface area (Å²) in [7, 11) is 0. The molecule has 0 amide bonds. The summed E-state index contributed by atoms with van der Waals surface area (Å²) in [6.07, 6.45) is 5.28. The molecule has 0 saturated heterocycles. The quantitative estimate of drug-likeness (QED) is 0.434. The second-order valence-corrected chi connectivity index (χ2v) is 5.61. The van der Waals surface area contributed by atoms with E-state index in [2.05, 4.69) is 27.7 Å². The molecular weight excluding hydrogens is 332 g/mol. The maximum atomic E-state index is 10.5. The molecule has 0 fully saturated rings. The Kier molecular flexibility index (Phi) is 12.1. The van der Waals surface area contributed by atoms with Gasteiger partial charge in [0.2, 0.25) is 0 Å². The first-order chi connectivity index (χ1) is 12.4. The third-order valence-electron chi connectivity index (χ3n) is 3.49. The standard InChI is InChI=1S/C12H8N2O4.2C4H10/c15-13(16)11-5-1-9(2-6-11)10-3-7-12(8-4-10)14(17)18;2*1-3-4-2/h1-8H;2*3-4H2,1-2H3. The first kappa shape index (κ1) is 23.2. The fourth-order valence-corrected chi connectivity index (χ4v) is 1.55. The minimum atomic E-state index is -0.473. The predicted octanol–water partition coefficient (Wildman–Crippen LogP) is 6.78. The Hall–Kier alpha value is -2.76. The number of hydrogen-bond donors (Lipinski definition) is 0. The molecule has 2 aromatic rings. The smallest absolute Gasteiger partial charge is 0.258 e. The van der Waals surface area contributed by atoms with Crippen LogP contribution in [0.4, 0.5) is 11.4 Å². The number of nitrogens with zero attached hydrogens (tertiary/aromatic N) is 2. The minimum Gasteiger partial charge on any atom is -0.258 e. The highest BCUT2D eigenvalue weighted by atomic mass is 16.6. The lowest BCUT2D eigenvalue weighted by molar-refractivity contribution is -0.385. The first-order valence-corrected chi connectivity index (χ1v) is 8.90. The number of unbranched alkanes of at least 4 members (excludes halogenated alkanes) is 2. The molecule has 0 saturated carbocycles. The molecule has 2 aromatic carbocycles. The summed E-state index contributed by atoms with van der Waals surface area (Å²) in [6.45, 7) is 8.72. The SMILES string of the molecule is CCCC.CCCC.O=[N+]([O-])c1ccc(-c2ccc([N+](=O)[O-])cc2)cc1. The van der Waals surface area contributed by atoms with Crippen molar-refractivity contribution in [3.05, 3.63) is 68.8 Å². The van der Waals surface area contributed by atoms with Crippen molar-refractivity contribution >= 4 is 11.4 Å². The second kappa shape index (κ2) is 13.5. The molecule has 0 bridgehead atoms. The molecule has 6 nitrogen and oxygen atoms in total. The van der Waals surface area contributed by atoms with Crippen molar-refractivity contribution in [2.75, 3.05) is 0 Å². The van der Waals surface area contributed by atoms with Crippen LogP contribution in [0.25, 0.3) is 11.1 Å². The summed E-state index contributed by atoms with van der Waals surface area (Å²) < 4.78 is 0. The molecule has 0 N–H and O–H groups in total. The molecule has 142 valence electrons. The van der Waals surface area contributed by atoms with Crippen LogP contribution in [0.3, 0.4) is 0 Å². The van der Waals surface area contributed by atoms with E-state index in [0.29, 0.717) is 0 Å². The van der Waals surface area contributed by atoms with E-state index in [1.807, 2.05) is 0 Å². The van der Waals surface area contributed by atoms with Crippen LogP contribution in [-0.2, 0) is 0 Å². The Labute approximate surface area is 155 Å². The summed E-state index contributed by atoms with van der Waals surface area (Å²) in [4.78, 5) is 20.1. The molecule has 0 unspecified atom stereocenters. The van der Waals surface area contributed by atoms with E-state index < -0.39 is 9.85 Å². The molecule has 0 radical (unpaired) electrons. The van der Waals surface area contributed by atoms with Crippen LogP contribution >= 0.6 is 0 Å². The van der Waals surface area contributed by atoms with Crippen LogP contribution in [0.15, 0.2) is 48.5 Å². The minimum absolute atomic E-state index is 0.0145. The number of nitro groups is 2. The van der Waals surface area contributed by atoms with Gasteiger partial charge in [0.25, 0.3) is 11.4 Å². The fourth-order valence-electron chi connectivity index (χ4n) is 1.55. The summed E-state index contributed by atoms with van der Waals surface area (Å²) in [5.41, 5.74) is 1.58. The van der Waals surface area contributed by atoms with Gasteiger partial charge in [-0.25, -0.2) is 0 Å². The average Bonchev–Trinajstić information content (AvgIpc) is 2.68. The van der Waals surface area contributed by atoms with Gasteiger partial charge in [0.15, 0.2) is 0 Å². The fraction of sp³-hybridized carbons (Fsp3) is 0.400.